The molecular formula is C25H36N2. The van der Waals surface area contributed by atoms with Gasteiger partial charge in [-0.2, -0.15) is 0 Å². The van der Waals surface area contributed by atoms with Gasteiger partial charge >= 0.3 is 0 Å². The van der Waals surface area contributed by atoms with Gasteiger partial charge in [-0.3, -0.25) is 9.98 Å². The van der Waals surface area contributed by atoms with Gasteiger partial charge in [0, 0.05) is 17.3 Å². The summed E-state index contributed by atoms with van der Waals surface area (Å²) in [4.78, 5) is 9.61. The quantitative estimate of drug-likeness (QED) is 0.603. The van der Waals surface area contributed by atoms with E-state index in [9.17, 15) is 0 Å². The minimum Gasteiger partial charge on any atom is -0.287 e. The molecule has 0 aromatic carbocycles. The molecule has 1 aromatic heterocycles. The predicted molar refractivity (Wildman–Crippen MR) is 112 cm³/mol. The smallest absolute Gasteiger partial charge is 0.0811 e. The molecule has 0 saturated heterocycles. The Hall–Kier alpha value is -1.18. The third-order valence-electron chi connectivity index (χ3n) is 9.12. The van der Waals surface area contributed by atoms with Crippen molar-refractivity contribution in [3.05, 3.63) is 30.1 Å². The number of fused-ring (bicyclic) bond motifs is 5. The highest BCUT2D eigenvalue weighted by Crippen LogP contribution is 2.61. The number of nitrogens with zero attached hydrogens (tertiary/aromatic N) is 2. The fraction of sp³-hybridized carbons (Fsp3) is 0.760. The summed E-state index contributed by atoms with van der Waals surface area (Å²) in [7, 11) is 0. The van der Waals surface area contributed by atoms with Crippen LogP contribution in [0.3, 0.4) is 0 Å². The number of pyridine rings is 1. The van der Waals surface area contributed by atoms with Crippen molar-refractivity contribution in [1.82, 2.24) is 4.98 Å². The molecule has 4 aliphatic rings. The van der Waals surface area contributed by atoms with E-state index in [0.29, 0.717) is 5.41 Å². The van der Waals surface area contributed by atoms with Crippen LogP contribution in [0.25, 0.3) is 0 Å². The van der Waals surface area contributed by atoms with Crippen molar-refractivity contribution < 1.29 is 0 Å². The maximum absolute atomic E-state index is 5.13. The van der Waals surface area contributed by atoms with E-state index in [1.807, 2.05) is 12.3 Å². The average Bonchev–Trinajstić information content (AvgIpc) is 3.03. The molecule has 4 fully saturated rings. The Bertz CT molecular complexity index is 696. The lowest BCUT2D eigenvalue weighted by Crippen LogP contribution is -2.48. The number of hydrogen-bond donors (Lipinski definition) is 0. The largest absolute Gasteiger partial charge is 0.287 e. The highest BCUT2D eigenvalue weighted by atomic mass is 14.8. The van der Waals surface area contributed by atoms with Crippen LogP contribution in [0.5, 0.6) is 0 Å². The van der Waals surface area contributed by atoms with Gasteiger partial charge in [-0.1, -0.05) is 26.3 Å². The van der Waals surface area contributed by atoms with Crippen molar-refractivity contribution >= 4 is 5.71 Å². The zero-order valence-corrected chi connectivity index (χ0v) is 17.2. The summed E-state index contributed by atoms with van der Waals surface area (Å²) in [6.07, 6.45) is 14.9. The first-order valence-electron chi connectivity index (χ1n) is 11.6. The molecule has 2 heteroatoms. The molecule has 7 atom stereocenters. The Kier molecular flexibility index (Phi) is 4.64. The summed E-state index contributed by atoms with van der Waals surface area (Å²) in [6, 6.07) is 6.19. The summed E-state index contributed by atoms with van der Waals surface area (Å²) in [5.41, 5.74) is 3.02. The molecule has 0 bridgehead atoms. The second-order valence-corrected chi connectivity index (χ2v) is 10.4. The number of aromatic nitrogens is 1. The lowest BCUT2D eigenvalue weighted by molar-refractivity contribution is -0.0417. The molecule has 27 heavy (non-hydrogen) atoms. The van der Waals surface area contributed by atoms with Crippen LogP contribution in [0.2, 0.25) is 0 Å². The van der Waals surface area contributed by atoms with Gasteiger partial charge in [-0.25, -0.2) is 0 Å². The Morgan fingerprint density at radius 1 is 1.04 bits per heavy atom. The van der Waals surface area contributed by atoms with E-state index >= 15 is 0 Å². The molecule has 0 radical (unpaired) electrons. The molecule has 0 N–H and O–H groups in total. The zero-order valence-electron chi connectivity index (χ0n) is 17.2. The molecular weight excluding hydrogens is 328 g/mol. The summed E-state index contributed by atoms with van der Waals surface area (Å²) >= 11 is 0. The first kappa shape index (κ1) is 17.9. The van der Waals surface area contributed by atoms with Gasteiger partial charge in [0.2, 0.25) is 0 Å². The van der Waals surface area contributed by atoms with E-state index < -0.39 is 0 Å². The summed E-state index contributed by atoms with van der Waals surface area (Å²) in [6.45, 7) is 5.82. The Morgan fingerprint density at radius 2 is 1.93 bits per heavy atom. The van der Waals surface area contributed by atoms with E-state index in [-0.39, 0.29) is 0 Å². The third-order valence-corrected chi connectivity index (χ3v) is 9.12. The minimum absolute atomic E-state index is 0.380. The van der Waals surface area contributed by atoms with E-state index in [4.69, 9.17) is 4.99 Å². The van der Waals surface area contributed by atoms with Gasteiger partial charge in [0.25, 0.3) is 0 Å². The third kappa shape index (κ3) is 3.08. The van der Waals surface area contributed by atoms with Crippen molar-refractivity contribution in [3.8, 4) is 0 Å². The Labute approximate surface area is 165 Å². The number of hydrogen-bond acceptors (Lipinski definition) is 2. The second kappa shape index (κ2) is 7.01. The Morgan fingerprint density at radius 3 is 2.78 bits per heavy atom. The maximum Gasteiger partial charge on any atom is 0.0811 e. The van der Waals surface area contributed by atoms with Gasteiger partial charge in [-0.15, -0.1) is 0 Å². The van der Waals surface area contributed by atoms with Crippen LogP contribution in [0.1, 0.15) is 77.3 Å². The van der Waals surface area contributed by atoms with Crippen LogP contribution in [0.15, 0.2) is 29.4 Å². The highest BCUT2D eigenvalue weighted by molar-refractivity contribution is 5.92. The van der Waals surface area contributed by atoms with Gasteiger partial charge in [0.15, 0.2) is 0 Å². The first-order chi connectivity index (χ1) is 13.1. The topological polar surface area (TPSA) is 25.2 Å². The first-order valence-corrected chi connectivity index (χ1v) is 11.6. The molecule has 7 unspecified atom stereocenters. The Balaban J connectivity index is 1.34. The van der Waals surface area contributed by atoms with Crippen LogP contribution in [0.4, 0.5) is 0 Å². The van der Waals surface area contributed by atoms with Crippen LogP contribution in [0, 0.1) is 40.9 Å². The van der Waals surface area contributed by atoms with Gasteiger partial charge in [-0.05, 0) is 99.0 Å². The van der Waals surface area contributed by atoms with Crippen molar-refractivity contribution in [1.29, 1.82) is 0 Å². The van der Waals surface area contributed by atoms with E-state index in [2.05, 4.69) is 31.0 Å². The van der Waals surface area contributed by atoms with E-state index in [1.54, 1.807) is 0 Å². The van der Waals surface area contributed by atoms with E-state index in [0.717, 1.165) is 47.7 Å². The second-order valence-electron chi connectivity index (χ2n) is 10.4. The predicted octanol–water partition coefficient (Wildman–Crippen LogP) is 6.31. The molecule has 0 amide bonds. The zero-order chi connectivity index (χ0) is 18.4. The molecule has 5 rings (SSSR count). The molecule has 0 aliphatic heterocycles. The van der Waals surface area contributed by atoms with Crippen LogP contribution in [-0.2, 0) is 6.54 Å². The van der Waals surface area contributed by atoms with Gasteiger partial charge in [0.05, 0.1) is 12.2 Å². The fourth-order valence-electron chi connectivity index (χ4n) is 7.80. The molecule has 1 heterocycles. The van der Waals surface area contributed by atoms with Crippen LogP contribution < -0.4 is 0 Å². The van der Waals surface area contributed by atoms with Crippen LogP contribution in [-0.4, -0.2) is 10.7 Å². The van der Waals surface area contributed by atoms with Crippen molar-refractivity contribution in [2.45, 2.75) is 78.2 Å². The number of aliphatic imine (C=N–C) groups is 1. The van der Waals surface area contributed by atoms with Crippen molar-refractivity contribution in [2.75, 3.05) is 0 Å². The molecule has 4 aliphatic carbocycles. The summed E-state index contributed by atoms with van der Waals surface area (Å²) in [5.74, 6) is 6.01. The standard InChI is InChI=1S/C25H36N2/c1-17-6-8-20-18(15-17)7-9-22-21(20)12-13-25(2)23(22)10-11-24(25)27-16-19-5-3-4-14-26-19/h3-5,14,17-18,20-23H,6-13,15-16H2,1-2H3. The minimum atomic E-state index is 0.380. The average molecular weight is 365 g/mol. The molecule has 2 nitrogen and oxygen atoms in total. The number of rotatable bonds is 2. The van der Waals surface area contributed by atoms with Crippen molar-refractivity contribution in [3.63, 3.8) is 0 Å². The lowest BCUT2D eigenvalue weighted by atomic mass is 9.50. The fourth-order valence-corrected chi connectivity index (χ4v) is 7.80. The molecule has 1 aromatic rings. The highest BCUT2D eigenvalue weighted by Gasteiger charge is 2.55. The summed E-state index contributed by atoms with van der Waals surface area (Å²) in [5, 5.41) is 0. The lowest BCUT2D eigenvalue weighted by Gasteiger charge is -2.55. The summed E-state index contributed by atoms with van der Waals surface area (Å²) < 4.78 is 0. The maximum atomic E-state index is 5.13. The molecule has 4 saturated carbocycles. The monoisotopic (exact) mass is 364 g/mol. The normalized spacial score (nSPS) is 45.2. The van der Waals surface area contributed by atoms with Crippen molar-refractivity contribution in [2.24, 2.45) is 45.9 Å². The van der Waals surface area contributed by atoms with Gasteiger partial charge in [0.1, 0.15) is 0 Å². The SMILES string of the molecule is CC1CCC2C(CCC3C2CCC2(C)C(=NCc4ccccn4)CCC32)C1. The van der Waals surface area contributed by atoms with Gasteiger partial charge < -0.3 is 0 Å². The molecule has 146 valence electrons. The van der Waals surface area contributed by atoms with Crippen LogP contribution >= 0.6 is 0 Å². The van der Waals surface area contributed by atoms with E-state index in [1.165, 1.54) is 63.5 Å². The molecule has 0 spiro atoms.